The number of nitrogens with one attached hydrogen (secondary N) is 3. The molecule has 1 aliphatic rings. The van der Waals surface area contributed by atoms with Crippen LogP contribution in [0.3, 0.4) is 0 Å². The van der Waals surface area contributed by atoms with E-state index in [9.17, 15) is 4.79 Å². The lowest BCUT2D eigenvalue weighted by Crippen LogP contribution is -2.33. The first-order valence-corrected chi connectivity index (χ1v) is 9.60. The number of hydrogen-bond donors (Lipinski definition) is 3. The van der Waals surface area contributed by atoms with Crippen molar-refractivity contribution in [3.8, 4) is 11.1 Å². The second-order valence-electron chi connectivity index (χ2n) is 6.62. The predicted octanol–water partition coefficient (Wildman–Crippen LogP) is 3.91. The summed E-state index contributed by atoms with van der Waals surface area (Å²) < 4.78 is 1.04. The molecule has 6 nitrogen and oxygen atoms in total. The van der Waals surface area contributed by atoms with E-state index in [1.807, 2.05) is 30.5 Å². The minimum Gasteiger partial charge on any atom is -0.384 e. The van der Waals surface area contributed by atoms with E-state index in [1.165, 1.54) is 16.9 Å². The van der Waals surface area contributed by atoms with Gasteiger partial charge in [0, 0.05) is 24.0 Å². The number of para-hydroxylation sites is 1. The Balaban J connectivity index is 1.35. The Morgan fingerprint density at radius 1 is 1.19 bits per heavy atom. The average Bonchev–Trinajstić information content (AvgIpc) is 3.36. The molecule has 0 fully saturated rings. The van der Waals surface area contributed by atoms with Gasteiger partial charge in [0.1, 0.15) is 0 Å². The SMILES string of the molecule is O=C(Nc1nc2ccc(-c3cn[nH]c3)cc2s1)C1CNc2ccccc2C1. The summed E-state index contributed by atoms with van der Waals surface area (Å²) in [5.41, 5.74) is 5.29. The predicted molar refractivity (Wildman–Crippen MR) is 108 cm³/mol. The average molecular weight is 375 g/mol. The van der Waals surface area contributed by atoms with Gasteiger partial charge in [0.2, 0.25) is 5.91 Å². The summed E-state index contributed by atoms with van der Waals surface area (Å²) in [6.45, 7) is 0.637. The normalized spacial score (nSPS) is 15.9. The van der Waals surface area contributed by atoms with E-state index in [0.29, 0.717) is 11.7 Å². The molecule has 0 radical (unpaired) electrons. The molecule has 3 N–H and O–H groups in total. The molecule has 0 spiro atoms. The quantitative estimate of drug-likeness (QED) is 0.507. The Morgan fingerprint density at radius 3 is 3.00 bits per heavy atom. The number of nitrogens with zero attached hydrogens (tertiary/aromatic N) is 2. The third-order valence-corrected chi connectivity index (χ3v) is 5.78. The number of rotatable bonds is 3. The van der Waals surface area contributed by atoms with Crippen LogP contribution < -0.4 is 10.6 Å². The first kappa shape index (κ1) is 16.0. The van der Waals surface area contributed by atoms with Gasteiger partial charge >= 0.3 is 0 Å². The van der Waals surface area contributed by atoms with Crippen molar-refractivity contribution < 1.29 is 4.79 Å². The number of anilines is 2. The van der Waals surface area contributed by atoms with E-state index in [0.717, 1.165) is 33.5 Å². The molecule has 0 saturated heterocycles. The van der Waals surface area contributed by atoms with Crippen molar-refractivity contribution in [2.75, 3.05) is 17.2 Å². The van der Waals surface area contributed by atoms with E-state index < -0.39 is 0 Å². The van der Waals surface area contributed by atoms with Gasteiger partial charge in [-0.3, -0.25) is 9.89 Å². The zero-order valence-electron chi connectivity index (χ0n) is 14.4. The molecule has 0 aliphatic carbocycles. The second-order valence-corrected chi connectivity index (χ2v) is 7.65. The topological polar surface area (TPSA) is 82.7 Å². The molecule has 5 rings (SSSR count). The Kier molecular flexibility index (Phi) is 3.86. The molecule has 0 saturated carbocycles. The van der Waals surface area contributed by atoms with Gasteiger partial charge < -0.3 is 10.6 Å². The fraction of sp³-hybridized carbons (Fsp3) is 0.150. The van der Waals surface area contributed by atoms with Crippen molar-refractivity contribution >= 4 is 38.3 Å². The van der Waals surface area contributed by atoms with Crippen molar-refractivity contribution in [2.24, 2.45) is 5.92 Å². The summed E-state index contributed by atoms with van der Waals surface area (Å²) in [6, 6.07) is 14.2. The summed E-state index contributed by atoms with van der Waals surface area (Å²) in [5.74, 6) is -0.0977. The van der Waals surface area contributed by atoms with E-state index in [2.05, 4.69) is 44.0 Å². The van der Waals surface area contributed by atoms with Crippen LogP contribution in [0.15, 0.2) is 54.9 Å². The fourth-order valence-electron chi connectivity index (χ4n) is 3.40. The van der Waals surface area contributed by atoms with Gasteiger partial charge in [0.15, 0.2) is 5.13 Å². The third kappa shape index (κ3) is 3.06. The lowest BCUT2D eigenvalue weighted by Gasteiger charge is -2.24. The summed E-state index contributed by atoms with van der Waals surface area (Å²) in [5, 5.41) is 13.8. The maximum absolute atomic E-state index is 12.7. The zero-order valence-corrected chi connectivity index (χ0v) is 15.2. The summed E-state index contributed by atoms with van der Waals surface area (Å²) in [6.07, 6.45) is 4.39. The Morgan fingerprint density at radius 2 is 2.11 bits per heavy atom. The molecular formula is C20H17N5OS. The highest BCUT2D eigenvalue weighted by Gasteiger charge is 2.25. The van der Waals surface area contributed by atoms with Crippen LogP contribution in [0.2, 0.25) is 0 Å². The third-order valence-electron chi connectivity index (χ3n) is 4.84. The Labute approximate surface area is 159 Å². The molecule has 3 heterocycles. The number of aromatic nitrogens is 3. The van der Waals surface area contributed by atoms with Gasteiger partial charge in [-0.05, 0) is 35.7 Å². The van der Waals surface area contributed by atoms with Crippen LogP contribution in [-0.4, -0.2) is 27.6 Å². The molecule has 1 atom stereocenters. The molecule has 7 heteroatoms. The lowest BCUT2D eigenvalue weighted by atomic mass is 9.93. The molecule has 134 valence electrons. The van der Waals surface area contributed by atoms with Gasteiger partial charge in [0.25, 0.3) is 0 Å². The van der Waals surface area contributed by atoms with Crippen LogP contribution in [0.5, 0.6) is 0 Å². The van der Waals surface area contributed by atoms with Gasteiger partial charge in [-0.2, -0.15) is 5.10 Å². The van der Waals surface area contributed by atoms with E-state index in [-0.39, 0.29) is 11.8 Å². The molecule has 2 aromatic carbocycles. The monoisotopic (exact) mass is 375 g/mol. The number of amides is 1. The number of carbonyl (C=O) groups excluding carboxylic acids is 1. The minimum absolute atomic E-state index is 0.00566. The second kappa shape index (κ2) is 6.51. The van der Waals surface area contributed by atoms with Crippen molar-refractivity contribution in [2.45, 2.75) is 6.42 Å². The van der Waals surface area contributed by atoms with Crippen molar-refractivity contribution in [1.82, 2.24) is 15.2 Å². The Hall–Kier alpha value is -3.19. The van der Waals surface area contributed by atoms with Crippen LogP contribution in [-0.2, 0) is 11.2 Å². The summed E-state index contributed by atoms with van der Waals surface area (Å²) >= 11 is 1.49. The summed E-state index contributed by atoms with van der Waals surface area (Å²) in [4.78, 5) is 17.3. The number of thiazole rings is 1. The van der Waals surface area contributed by atoms with Crippen LogP contribution in [0, 0.1) is 5.92 Å². The standard InChI is InChI=1S/C20H17N5OS/c26-19(14-7-13-3-1-2-4-16(13)21-9-14)25-20-24-17-6-5-12(8-18(17)27-20)15-10-22-23-11-15/h1-6,8,10-11,14,21H,7,9H2,(H,22,23)(H,24,25,26). The van der Waals surface area contributed by atoms with Crippen LogP contribution in [0.4, 0.5) is 10.8 Å². The van der Waals surface area contributed by atoms with Gasteiger partial charge in [-0.15, -0.1) is 0 Å². The number of aromatic amines is 1. The maximum Gasteiger partial charge on any atom is 0.231 e. The van der Waals surface area contributed by atoms with Gasteiger partial charge in [-0.1, -0.05) is 35.6 Å². The van der Waals surface area contributed by atoms with E-state index >= 15 is 0 Å². The number of benzene rings is 2. The smallest absolute Gasteiger partial charge is 0.231 e. The fourth-order valence-corrected chi connectivity index (χ4v) is 4.31. The van der Waals surface area contributed by atoms with Crippen molar-refractivity contribution in [1.29, 1.82) is 0 Å². The largest absolute Gasteiger partial charge is 0.384 e. The molecule has 1 amide bonds. The first-order chi connectivity index (χ1) is 13.3. The van der Waals surface area contributed by atoms with Crippen molar-refractivity contribution in [3.05, 3.63) is 60.4 Å². The zero-order chi connectivity index (χ0) is 18.2. The maximum atomic E-state index is 12.7. The highest BCUT2D eigenvalue weighted by Crippen LogP contribution is 2.31. The number of carbonyl (C=O) groups is 1. The van der Waals surface area contributed by atoms with Gasteiger partial charge in [0.05, 0.1) is 22.3 Å². The molecule has 1 aliphatic heterocycles. The van der Waals surface area contributed by atoms with E-state index in [4.69, 9.17) is 0 Å². The Bertz CT molecular complexity index is 1120. The molecule has 2 aromatic heterocycles. The number of fused-ring (bicyclic) bond motifs is 2. The minimum atomic E-state index is -0.103. The van der Waals surface area contributed by atoms with Crippen LogP contribution >= 0.6 is 11.3 Å². The summed E-state index contributed by atoms with van der Waals surface area (Å²) in [7, 11) is 0. The number of hydrogen-bond acceptors (Lipinski definition) is 5. The lowest BCUT2D eigenvalue weighted by molar-refractivity contribution is -0.119. The molecular weight excluding hydrogens is 358 g/mol. The van der Waals surface area contributed by atoms with E-state index in [1.54, 1.807) is 6.20 Å². The molecule has 1 unspecified atom stereocenters. The van der Waals surface area contributed by atoms with Gasteiger partial charge in [-0.25, -0.2) is 4.98 Å². The highest BCUT2D eigenvalue weighted by molar-refractivity contribution is 7.22. The molecule has 27 heavy (non-hydrogen) atoms. The highest BCUT2D eigenvalue weighted by atomic mass is 32.1. The first-order valence-electron chi connectivity index (χ1n) is 8.79. The molecule has 0 bridgehead atoms. The van der Waals surface area contributed by atoms with Crippen molar-refractivity contribution in [3.63, 3.8) is 0 Å². The molecule has 4 aromatic rings. The van der Waals surface area contributed by atoms with Crippen LogP contribution in [0.25, 0.3) is 21.3 Å². The van der Waals surface area contributed by atoms with Crippen LogP contribution in [0.1, 0.15) is 5.56 Å². The number of H-pyrrole nitrogens is 1.